The summed E-state index contributed by atoms with van der Waals surface area (Å²) in [5, 5.41) is 5.46. The van der Waals surface area contributed by atoms with Crippen molar-refractivity contribution < 1.29 is 18.4 Å². The van der Waals surface area contributed by atoms with Crippen molar-refractivity contribution in [3.8, 4) is 0 Å². The number of carbonyl (C=O) groups excluding carboxylic acids is 2. The third-order valence-electron chi connectivity index (χ3n) is 6.36. The van der Waals surface area contributed by atoms with Crippen LogP contribution in [-0.4, -0.2) is 35.8 Å². The zero-order valence-electron chi connectivity index (χ0n) is 19.7. The van der Waals surface area contributed by atoms with Crippen LogP contribution in [0.5, 0.6) is 0 Å². The molecule has 0 radical (unpaired) electrons. The first-order valence-corrected chi connectivity index (χ1v) is 11.0. The quantitative estimate of drug-likeness (QED) is 0.618. The molecule has 0 fully saturated rings. The third kappa shape index (κ3) is 4.91. The number of carbonyl (C=O) groups is 2. The van der Waals surface area contributed by atoms with Crippen LogP contribution in [0.25, 0.3) is 0 Å². The molecule has 3 rings (SSSR count). The molecule has 1 aliphatic heterocycles. The molecule has 4 atom stereocenters. The van der Waals surface area contributed by atoms with Gasteiger partial charge in [0, 0.05) is 18.6 Å². The van der Waals surface area contributed by atoms with E-state index in [1.54, 1.807) is 19.2 Å². The Labute approximate surface area is 193 Å². The second-order valence-electron chi connectivity index (χ2n) is 9.65. The smallest absolute Gasteiger partial charge is 0.252 e. The predicted molar refractivity (Wildman–Crippen MR) is 124 cm³/mol. The number of nitrogens with one attached hydrogen (secondary N) is 2. The Morgan fingerprint density at radius 1 is 1.09 bits per heavy atom. The van der Waals surface area contributed by atoms with Crippen molar-refractivity contribution in [2.24, 2.45) is 17.1 Å². The first-order valence-electron chi connectivity index (χ1n) is 11.0. The van der Waals surface area contributed by atoms with Gasteiger partial charge >= 0.3 is 0 Å². The van der Waals surface area contributed by atoms with Crippen LogP contribution in [0.4, 0.5) is 14.5 Å². The molecule has 33 heavy (non-hydrogen) atoms. The number of fused-ring (bicyclic) bond motifs is 1. The fourth-order valence-corrected chi connectivity index (χ4v) is 4.46. The summed E-state index contributed by atoms with van der Waals surface area (Å²) < 4.78 is 28.4. The summed E-state index contributed by atoms with van der Waals surface area (Å²) in [4.78, 5) is 28.7. The maximum atomic E-state index is 14.2. The highest BCUT2D eigenvalue weighted by Crippen LogP contribution is 2.39. The fourth-order valence-electron chi connectivity index (χ4n) is 4.46. The molecule has 0 aliphatic carbocycles. The lowest BCUT2D eigenvalue weighted by Gasteiger charge is -2.40. The van der Waals surface area contributed by atoms with Crippen molar-refractivity contribution in [1.82, 2.24) is 10.2 Å². The molecule has 2 amide bonds. The summed E-state index contributed by atoms with van der Waals surface area (Å²) in [7, 11) is 1.78. The molecule has 0 spiro atoms. The zero-order chi connectivity index (χ0) is 24.5. The normalized spacial score (nSPS) is 18.4. The van der Waals surface area contributed by atoms with E-state index >= 15 is 0 Å². The number of amides is 2. The second-order valence-corrected chi connectivity index (χ2v) is 9.65. The summed E-state index contributed by atoms with van der Waals surface area (Å²) in [5.74, 6) is -3.33. The first kappa shape index (κ1) is 24.8. The van der Waals surface area contributed by atoms with E-state index in [1.165, 1.54) is 11.0 Å². The summed E-state index contributed by atoms with van der Waals surface area (Å²) in [5.41, 5.74) is 6.92. The molecule has 178 valence electrons. The molecule has 1 aliphatic rings. The van der Waals surface area contributed by atoms with Gasteiger partial charge in [-0.2, -0.15) is 0 Å². The number of hydrogen-bond donors (Lipinski definition) is 3. The maximum absolute atomic E-state index is 14.2. The van der Waals surface area contributed by atoms with E-state index in [0.717, 1.165) is 17.7 Å². The third-order valence-corrected chi connectivity index (χ3v) is 6.36. The predicted octanol–water partition coefficient (Wildman–Crippen LogP) is 3.58. The van der Waals surface area contributed by atoms with Crippen molar-refractivity contribution in [2.75, 3.05) is 12.4 Å². The van der Waals surface area contributed by atoms with Crippen LogP contribution in [0.15, 0.2) is 42.5 Å². The Balaban J connectivity index is 2.01. The van der Waals surface area contributed by atoms with E-state index in [0.29, 0.717) is 5.56 Å². The fraction of sp³-hybridized carbons (Fsp3) is 0.440. The van der Waals surface area contributed by atoms with Crippen LogP contribution in [0.3, 0.4) is 0 Å². The molecule has 1 unspecified atom stereocenters. The number of anilines is 1. The van der Waals surface area contributed by atoms with Gasteiger partial charge < -0.3 is 21.3 Å². The largest absolute Gasteiger partial charge is 0.326 e. The molecule has 8 heteroatoms. The van der Waals surface area contributed by atoms with Gasteiger partial charge in [-0.3, -0.25) is 9.59 Å². The Kier molecular flexibility index (Phi) is 7.19. The molecule has 6 nitrogen and oxygen atoms in total. The molecule has 4 N–H and O–H groups in total. The van der Waals surface area contributed by atoms with E-state index in [9.17, 15) is 18.4 Å². The molecular weight excluding hydrogens is 426 g/mol. The molecule has 1 heterocycles. The van der Waals surface area contributed by atoms with E-state index in [2.05, 4.69) is 10.6 Å². The van der Waals surface area contributed by atoms with E-state index in [-0.39, 0.29) is 18.5 Å². The summed E-state index contributed by atoms with van der Waals surface area (Å²) >= 11 is 0. The Morgan fingerprint density at radius 2 is 1.70 bits per heavy atom. The Bertz CT molecular complexity index is 1020. The van der Waals surface area contributed by atoms with E-state index in [4.69, 9.17) is 5.73 Å². The molecule has 0 aromatic heterocycles. The van der Waals surface area contributed by atoms with Gasteiger partial charge in [0.05, 0.1) is 5.92 Å². The Hall–Kier alpha value is -2.84. The first-order chi connectivity index (χ1) is 15.5. The van der Waals surface area contributed by atoms with Gasteiger partial charge in [0.15, 0.2) is 0 Å². The van der Waals surface area contributed by atoms with Crippen molar-refractivity contribution >= 4 is 17.5 Å². The number of para-hydroxylation sites is 1. The number of nitrogens with zero attached hydrogens (tertiary/aromatic N) is 1. The highest BCUT2D eigenvalue weighted by Gasteiger charge is 2.46. The van der Waals surface area contributed by atoms with Gasteiger partial charge in [0.1, 0.15) is 23.4 Å². The van der Waals surface area contributed by atoms with Gasteiger partial charge in [-0.05, 0) is 42.6 Å². The number of nitrogens with two attached hydrogens (primary N) is 1. The van der Waals surface area contributed by atoms with Crippen molar-refractivity contribution in [3.05, 3.63) is 65.2 Å². The van der Waals surface area contributed by atoms with Gasteiger partial charge in [0.2, 0.25) is 5.91 Å². The second kappa shape index (κ2) is 9.57. The maximum Gasteiger partial charge on any atom is 0.252 e. The number of halogens is 2. The minimum Gasteiger partial charge on any atom is -0.326 e. The minimum absolute atomic E-state index is 0.150. The van der Waals surface area contributed by atoms with Crippen LogP contribution in [-0.2, 0) is 16.1 Å². The lowest BCUT2D eigenvalue weighted by atomic mass is 9.73. The monoisotopic (exact) mass is 458 g/mol. The van der Waals surface area contributed by atoms with Crippen LogP contribution >= 0.6 is 0 Å². The summed E-state index contributed by atoms with van der Waals surface area (Å²) in [6.07, 6.45) is 0. The van der Waals surface area contributed by atoms with Gasteiger partial charge in [-0.1, -0.05) is 51.1 Å². The lowest BCUT2D eigenvalue weighted by molar-refractivity contribution is -0.146. The number of hydrogen-bond acceptors (Lipinski definition) is 4. The number of benzene rings is 2. The molecule has 0 saturated heterocycles. The summed E-state index contributed by atoms with van der Waals surface area (Å²) in [6, 6.07) is 8.86. The molecule has 0 saturated carbocycles. The lowest BCUT2D eigenvalue weighted by Crippen LogP contribution is -2.56. The van der Waals surface area contributed by atoms with Crippen LogP contribution in [0, 0.1) is 23.0 Å². The van der Waals surface area contributed by atoms with E-state index in [1.807, 2.05) is 39.8 Å². The number of likely N-dealkylation sites (N-methyl/N-ethyl adjacent to an activating group) is 1. The number of rotatable bonds is 6. The zero-order valence-corrected chi connectivity index (χ0v) is 19.7. The van der Waals surface area contributed by atoms with E-state index < -0.39 is 46.6 Å². The Morgan fingerprint density at radius 3 is 2.27 bits per heavy atom. The summed E-state index contributed by atoms with van der Waals surface area (Å²) in [6.45, 7) is 7.92. The van der Waals surface area contributed by atoms with Crippen LogP contribution in [0.2, 0.25) is 0 Å². The molecule has 0 bridgehead atoms. The van der Waals surface area contributed by atoms with Crippen LogP contribution < -0.4 is 16.4 Å². The van der Waals surface area contributed by atoms with Crippen molar-refractivity contribution in [1.29, 1.82) is 0 Å². The standard InChI is InChI=1S/C25H32F2N4O2/c1-14(29-5)20(28)19(25(2,3)4)24(33)31-13-15-9-6-7-10-16(15)22(31)23(32)30-21-17(26)11-8-12-18(21)27/h6-12,14,19-20,22,29H,13,28H2,1-5H3,(H,30,32)/t14-,19-,20?,22-/m0/s1. The van der Waals surface area contributed by atoms with Gasteiger partial charge in [0.25, 0.3) is 5.91 Å². The highest BCUT2D eigenvalue weighted by molar-refractivity contribution is 5.99. The van der Waals surface area contributed by atoms with Gasteiger partial charge in [-0.15, -0.1) is 0 Å². The topological polar surface area (TPSA) is 87.5 Å². The molecule has 2 aromatic rings. The van der Waals surface area contributed by atoms with Crippen molar-refractivity contribution in [2.45, 2.75) is 52.4 Å². The van der Waals surface area contributed by atoms with Crippen molar-refractivity contribution in [3.63, 3.8) is 0 Å². The average molecular weight is 459 g/mol. The minimum atomic E-state index is -1.03. The van der Waals surface area contributed by atoms with Crippen LogP contribution in [0.1, 0.15) is 44.9 Å². The molecule has 2 aromatic carbocycles. The van der Waals surface area contributed by atoms with Gasteiger partial charge in [-0.25, -0.2) is 8.78 Å². The molecular formula is C25H32F2N4O2. The highest BCUT2D eigenvalue weighted by atomic mass is 19.1. The average Bonchev–Trinajstić information content (AvgIpc) is 3.14. The SMILES string of the molecule is CN[C@@H](C)C(N)[C@@H](C(=O)N1Cc2ccccc2[C@H]1C(=O)Nc1c(F)cccc1F)C(C)(C)C.